The molecule has 0 saturated carbocycles. The highest BCUT2D eigenvalue weighted by molar-refractivity contribution is 6.51. The molecule has 0 saturated heterocycles. The van der Waals surface area contributed by atoms with E-state index in [4.69, 9.17) is 8.53 Å². The Hall–Kier alpha value is -0.488. The summed E-state index contributed by atoms with van der Waals surface area (Å²) in [6.45, 7) is 6.45. The van der Waals surface area contributed by atoms with Gasteiger partial charge in [-0.1, -0.05) is 55.5 Å². The van der Waals surface area contributed by atoms with E-state index < -0.39 is 14.5 Å². The van der Waals surface area contributed by atoms with Crippen molar-refractivity contribution in [3.8, 4) is 5.75 Å². The number of benzene rings is 1. The summed E-state index contributed by atoms with van der Waals surface area (Å²) in [5, 5.41) is 2.49. The summed E-state index contributed by atoms with van der Waals surface area (Å²) >= 11 is -1.06. The number of hydrogen-bond acceptors (Lipinski definition) is 2. The van der Waals surface area contributed by atoms with E-state index in [1.165, 1.54) is 23.4 Å². The number of rotatable bonds is 8. The van der Waals surface area contributed by atoms with Gasteiger partial charge in [-0.05, 0) is 19.1 Å². The normalized spacial score (nSPS) is 12.2. The van der Waals surface area contributed by atoms with Crippen molar-refractivity contribution in [2.24, 2.45) is 0 Å². The predicted octanol–water partition coefficient (Wildman–Crippen LogP) is 4.24. The van der Waals surface area contributed by atoms with Crippen molar-refractivity contribution < 1.29 is 8.53 Å². The van der Waals surface area contributed by atoms with Crippen LogP contribution in [0.15, 0.2) is 30.3 Å². The first kappa shape index (κ1) is 14.6. The van der Waals surface area contributed by atoms with E-state index in [9.17, 15) is 0 Å². The van der Waals surface area contributed by atoms with Crippen LogP contribution in [0.1, 0.15) is 33.6 Å². The molecule has 2 nitrogen and oxygen atoms in total. The molecular weight excluding hydrogens is 227 g/mol. The minimum absolute atomic E-state index is 0.118. The van der Waals surface area contributed by atoms with Crippen molar-refractivity contribution in [1.29, 1.82) is 0 Å². The highest BCUT2D eigenvalue weighted by atomic mass is 27.2. The minimum Gasteiger partial charge on any atom is -0.469 e. The third-order valence-electron chi connectivity index (χ3n) is 2.65. The van der Waals surface area contributed by atoms with Gasteiger partial charge in [0.15, 0.2) is 6.29 Å². The molecule has 0 N–H and O–H groups in total. The van der Waals surface area contributed by atoms with Crippen LogP contribution in [-0.2, 0) is 3.79 Å². The van der Waals surface area contributed by atoms with Crippen LogP contribution in [0.2, 0.25) is 10.6 Å². The summed E-state index contributed by atoms with van der Waals surface area (Å²) < 4.78 is 11.8. The van der Waals surface area contributed by atoms with Gasteiger partial charge in [0, 0.05) is 0 Å². The van der Waals surface area contributed by atoms with Crippen molar-refractivity contribution in [2.75, 3.05) is 0 Å². The van der Waals surface area contributed by atoms with Gasteiger partial charge in [0.1, 0.15) is 5.75 Å². The lowest BCUT2D eigenvalue weighted by atomic mass is 10.3. The van der Waals surface area contributed by atoms with Crippen LogP contribution < -0.4 is 4.74 Å². The monoisotopic (exact) mass is 250 g/mol. The molecule has 1 atom stereocenters. The topological polar surface area (TPSA) is 18.5 Å². The molecule has 0 radical (unpaired) electrons. The molecule has 1 rings (SSSR count). The first-order chi connectivity index (χ1) is 8.26. The molecule has 3 heteroatoms. The quantitative estimate of drug-likeness (QED) is 0.507. The van der Waals surface area contributed by atoms with Crippen LogP contribution in [0.25, 0.3) is 0 Å². The summed E-state index contributed by atoms with van der Waals surface area (Å²) in [7, 11) is 0. The van der Waals surface area contributed by atoms with Crippen molar-refractivity contribution in [1.82, 2.24) is 0 Å². The zero-order valence-electron chi connectivity index (χ0n) is 11.2. The van der Waals surface area contributed by atoms with Gasteiger partial charge >= 0.3 is 14.5 Å². The first-order valence-electron chi connectivity index (χ1n) is 6.63. The molecule has 0 spiro atoms. The van der Waals surface area contributed by atoms with E-state index in [0.717, 1.165) is 5.75 Å². The SMILES string of the molecule is CC[CH2][Al]([CH2]CC)[O]C(C)Oc1ccccc1. The first-order valence-corrected chi connectivity index (χ1v) is 8.73. The summed E-state index contributed by atoms with van der Waals surface area (Å²) in [5.41, 5.74) is 0. The predicted molar refractivity (Wildman–Crippen MR) is 73.6 cm³/mol. The third kappa shape index (κ3) is 6.12. The molecule has 0 fully saturated rings. The Balaban J connectivity index is 2.38. The molecule has 0 heterocycles. The van der Waals surface area contributed by atoms with E-state index in [0.29, 0.717) is 0 Å². The Kier molecular flexibility index (Phi) is 7.36. The molecule has 0 aliphatic heterocycles. The molecule has 17 heavy (non-hydrogen) atoms. The Labute approximate surface area is 110 Å². The van der Waals surface area contributed by atoms with Crippen molar-refractivity contribution in [2.45, 2.75) is 50.5 Å². The largest absolute Gasteiger partial charge is 0.469 e. The molecule has 1 aromatic carbocycles. The average Bonchev–Trinajstić information content (AvgIpc) is 2.30. The molecule has 1 unspecified atom stereocenters. The Morgan fingerprint density at radius 1 is 1.06 bits per heavy atom. The lowest BCUT2D eigenvalue weighted by molar-refractivity contribution is 0.0189. The van der Waals surface area contributed by atoms with Gasteiger partial charge in [-0.2, -0.15) is 0 Å². The van der Waals surface area contributed by atoms with Gasteiger partial charge in [-0.3, -0.25) is 0 Å². The van der Waals surface area contributed by atoms with Crippen LogP contribution in [0.5, 0.6) is 5.75 Å². The highest BCUT2D eigenvalue weighted by Crippen LogP contribution is 2.14. The molecular formula is C14H23AlO2. The van der Waals surface area contributed by atoms with E-state index in [1.54, 1.807) is 0 Å². The lowest BCUT2D eigenvalue weighted by Crippen LogP contribution is -2.27. The van der Waals surface area contributed by atoms with Gasteiger partial charge in [-0.25, -0.2) is 0 Å². The maximum absolute atomic E-state index is 6.05. The van der Waals surface area contributed by atoms with E-state index >= 15 is 0 Å². The molecule has 0 aliphatic rings. The van der Waals surface area contributed by atoms with Crippen molar-refractivity contribution in [3.05, 3.63) is 30.3 Å². The fourth-order valence-corrected chi connectivity index (χ4v) is 4.36. The maximum Gasteiger partial charge on any atom is 0.463 e. The van der Waals surface area contributed by atoms with E-state index in [-0.39, 0.29) is 6.29 Å². The summed E-state index contributed by atoms with van der Waals surface area (Å²) in [5.74, 6) is 0.890. The van der Waals surface area contributed by atoms with Crippen LogP contribution in [-0.4, -0.2) is 20.8 Å². The Morgan fingerprint density at radius 3 is 2.18 bits per heavy atom. The number of ether oxygens (including phenoxy) is 1. The Bertz CT molecular complexity index is 284. The lowest BCUT2D eigenvalue weighted by Gasteiger charge is -2.20. The fourth-order valence-electron chi connectivity index (χ4n) is 1.91. The minimum atomic E-state index is -1.06. The highest BCUT2D eigenvalue weighted by Gasteiger charge is 2.21. The van der Waals surface area contributed by atoms with Crippen molar-refractivity contribution >= 4 is 14.5 Å². The standard InChI is InChI=1S/C8H9O2.2C3H7.Al/c1-7(9)10-8-5-3-2-4-6-8;2*1-3-2;/h2-7H,1H3;2*1,3H2,2H3;/q-1;;;+1. The maximum atomic E-state index is 6.05. The van der Waals surface area contributed by atoms with Gasteiger partial charge in [0.25, 0.3) is 0 Å². The zero-order chi connectivity index (χ0) is 12.5. The number of para-hydroxylation sites is 1. The van der Waals surface area contributed by atoms with Crippen LogP contribution >= 0.6 is 0 Å². The summed E-state index contributed by atoms with van der Waals surface area (Å²) in [6.07, 6.45) is 2.32. The summed E-state index contributed by atoms with van der Waals surface area (Å²) in [4.78, 5) is 0. The van der Waals surface area contributed by atoms with E-state index in [2.05, 4.69) is 13.8 Å². The molecule has 0 bridgehead atoms. The number of hydrogen-bond donors (Lipinski definition) is 0. The van der Waals surface area contributed by atoms with Gasteiger partial charge in [0.05, 0.1) is 0 Å². The summed E-state index contributed by atoms with van der Waals surface area (Å²) in [6, 6.07) is 9.89. The molecule has 1 aromatic rings. The van der Waals surface area contributed by atoms with Gasteiger partial charge < -0.3 is 8.53 Å². The second-order valence-electron chi connectivity index (χ2n) is 4.33. The third-order valence-corrected chi connectivity index (χ3v) is 5.86. The van der Waals surface area contributed by atoms with Crippen LogP contribution in [0, 0.1) is 0 Å². The van der Waals surface area contributed by atoms with Crippen LogP contribution in [0.3, 0.4) is 0 Å². The molecule has 94 valence electrons. The van der Waals surface area contributed by atoms with Crippen molar-refractivity contribution in [3.63, 3.8) is 0 Å². The van der Waals surface area contributed by atoms with Gasteiger partial charge in [-0.15, -0.1) is 0 Å². The second kappa shape index (κ2) is 8.58. The smallest absolute Gasteiger partial charge is 0.463 e. The average molecular weight is 250 g/mol. The molecule has 0 aromatic heterocycles. The fraction of sp³-hybridized carbons (Fsp3) is 0.571. The molecule has 0 aliphatic carbocycles. The second-order valence-corrected chi connectivity index (χ2v) is 7.00. The van der Waals surface area contributed by atoms with Crippen LogP contribution in [0.4, 0.5) is 0 Å². The zero-order valence-corrected chi connectivity index (χ0v) is 12.3. The van der Waals surface area contributed by atoms with Gasteiger partial charge in [0.2, 0.25) is 0 Å². The van der Waals surface area contributed by atoms with E-state index in [1.807, 2.05) is 37.3 Å². The Morgan fingerprint density at radius 2 is 1.65 bits per heavy atom. The molecule has 0 amide bonds.